The minimum atomic E-state index is 0.348. The van der Waals surface area contributed by atoms with Crippen molar-refractivity contribution < 1.29 is 0 Å². The summed E-state index contributed by atoms with van der Waals surface area (Å²) in [5.74, 6) is 1.03. The quantitative estimate of drug-likeness (QED) is 0.792. The number of rotatable bonds is 3. The molecule has 2 heteroatoms. The maximum atomic E-state index is 4.48. The van der Waals surface area contributed by atoms with Gasteiger partial charge in [0.05, 0.1) is 0 Å². The van der Waals surface area contributed by atoms with E-state index in [1.165, 1.54) is 25.7 Å². The molecule has 76 valence electrons. The molecule has 0 spiro atoms. The van der Waals surface area contributed by atoms with E-state index in [-0.39, 0.29) is 0 Å². The molecular formula is C12H18N2. The van der Waals surface area contributed by atoms with Gasteiger partial charge in [-0.2, -0.15) is 0 Å². The maximum Gasteiger partial charge on any atom is 0.126 e. The van der Waals surface area contributed by atoms with Crippen LogP contribution in [0.4, 0.5) is 5.82 Å². The molecule has 1 saturated carbocycles. The molecule has 0 saturated heterocycles. The summed E-state index contributed by atoms with van der Waals surface area (Å²) in [6.45, 7) is 4.28. The molecule has 1 aliphatic rings. The second kappa shape index (κ2) is 3.60. The Balaban J connectivity index is 2.09. The van der Waals surface area contributed by atoms with Crippen LogP contribution in [0.3, 0.4) is 0 Å². The first kappa shape index (κ1) is 9.50. The van der Waals surface area contributed by atoms with Gasteiger partial charge in [-0.05, 0) is 44.7 Å². The number of anilines is 1. The van der Waals surface area contributed by atoms with Gasteiger partial charge in [0.1, 0.15) is 5.82 Å². The molecule has 0 bridgehead atoms. The first-order chi connectivity index (χ1) is 6.74. The Labute approximate surface area is 85.7 Å². The topological polar surface area (TPSA) is 24.9 Å². The molecular weight excluding hydrogens is 172 g/mol. The normalized spacial score (nSPS) is 18.7. The van der Waals surface area contributed by atoms with Gasteiger partial charge in [-0.1, -0.05) is 13.0 Å². The van der Waals surface area contributed by atoms with E-state index in [4.69, 9.17) is 0 Å². The summed E-state index contributed by atoms with van der Waals surface area (Å²) in [5, 5.41) is 3.57. The zero-order chi connectivity index (χ0) is 10.0. The molecule has 0 aliphatic heterocycles. The Morgan fingerprint density at radius 2 is 2.21 bits per heavy atom. The summed E-state index contributed by atoms with van der Waals surface area (Å²) >= 11 is 0. The smallest absolute Gasteiger partial charge is 0.126 e. The number of nitrogens with one attached hydrogen (secondary N) is 1. The van der Waals surface area contributed by atoms with Crippen LogP contribution in [0.2, 0.25) is 0 Å². The molecule has 0 radical (unpaired) electrons. The molecule has 2 nitrogen and oxygen atoms in total. The number of pyridine rings is 1. The van der Waals surface area contributed by atoms with Gasteiger partial charge >= 0.3 is 0 Å². The number of hydrogen-bond acceptors (Lipinski definition) is 2. The van der Waals surface area contributed by atoms with Crippen LogP contribution in [0.15, 0.2) is 18.2 Å². The lowest BCUT2D eigenvalue weighted by molar-refractivity contribution is 0.269. The molecule has 1 N–H and O–H groups in total. The lowest BCUT2D eigenvalue weighted by Gasteiger charge is -2.42. The van der Waals surface area contributed by atoms with Gasteiger partial charge in [0.2, 0.25) is 0 Å². The van der Waals surface area contributed by atoms with Gasteiger partial charge in [-0.15, -0.1) is 0 Å². The van der Waals surface area contributed by atoms with Crippen molar-refractivity contribution in [2.45, 2.75) is 45.1 Å². The third-order valence-corrected chi connectivity index (χ3v) is 3.27. The minimum absolute atomic E-state index is 0.348. The molecule has 14 heavy (non-hydrogen) atoms. The highest BCUT2D eigenvalue weighted by molar-refractivity contribution is 5.39. The Bertz CT molecular complexity index is 310. The van der Waals surface area contributed by atoms with Gasteiger partial charge < -0.3 is 5.32 Å². The van der Waals surface area contributed by atoms with Crippen LogP contribution in [0.25, 0.3) is 0 Å². The lowest BCUT2D eigenvalue weighted by Crippen LogP contribution is -2.44. The highest BCUT2D eigenvalue weighted by Crippen LogP contribution is 2.37. The standard InChI is InChI=1S/C12H18N2/c1-3-12(8-5-9-12)14-11-7-4-6-10(2)13-11/h4,6-7H,3,5,8-9H2,1-2H3,(H,13,14). The van der Waals surface area contributed by atoms with E-state index in [9.17, 15) is 0 Å². The second-order valence-electron chi connectivity index (χ2n) is 4.28. The minimum Gasteiger partial charge on any atom is -0.365 e. The Morgan fingerprint density at radius 1 is 1.43 bits per heavy atom. The van der Waals surface area contributed by atoms with Crippen molar-refractivity contribution in [3.05, 3.63) is 23.9 Å². The van der Waals surface area contributed by atoms with Gasteiger partial charge in [0, 0.05) is 11.2 Å². The molecule has 0 aromatic carbocycles. The van der Waals surface area contributed by atoms with Crippen molar-refractivity contribution in [3.63, 3.8) is 0 Å². The Hall–Kier alpha value is -1.05. The first-order valence-corrected chi connectivity index (χ1v) is 5.46. The van der Waals surface area contributed by atoms with Crippen LogP contribution in [-0.4, -0.2) is 10.5 Å². The molecule has 2 rings (SSSR count). The zero-order valence-electron chi connectivity index (χ0n) is 9.01. The summed E-state index contributed by atoms with van der Waals surface area (Å²) in [7, 11) is 0. The molecule has 1 aromatic heterocycles. The number of nitrogens with zero attached hydrogens (tertiary/aromatic N) is 1. The van der Waals surface area contributed by atoms with Crippen molar-refractivity contribution in [1.82, 2.24) is 4.98 Å². The highest BCUT2D eigenvalue weighted by atomic mass is 15.1. The predicted octanol–water partition coefficient (Wildman–Crippen LogP) is 3.13. The fourth-order valence-corrected chi connectivity index (χ4v) is 2.05. The van der Waals surface area contributed by atoms with E-state index in [2.05, 4.69) is 29.4 Å². The van der Waals surface area contributed by atoms with Crippen molar-refractivity contribution in [2.24, 2.45) is 0 Å². The van der Waals surface area contributed by atoms with Crippen LogP contribution < -0.4 is 5.32 Å². The van der Waals surface area contributed by atoms with Crippen molar-refractivity contribution in [3.8, 4) is 0 Å². The molecule has 1 aromatic rings. The summed E-state index contributed by atoms with van der Waals surface area (Å²) in [6.07, 6.45) is 5.13. The van der Waals surface area contributed by atoms with Crippen molar-refractivity contribution in [2.75, 3.05) is 5.32 Å². The van der Waals surface area contributed by atoms with Crippen LogP contribution in [-0.2, 0) is 0 Å². The summed E-state index contributed by atoms with van der Waals surface area (Å²) in [6, 6.07) is 6.15. The number of aryl methyl sites for hydroxylation is 1. The SMILES string of the molecule is CCC1(Nc2cccc(C)n2)CCC1. The van der Waals surface area contributed by atoms with Crippen LogP contribution in [0.5, 0.6) is 0 Å². The molecule has 1 heterocycles. The van der Waals surface area contributed by atoms with Crippen molar-refractivity contribution >= 4 is 5.82 Å². The second-order valence-corrected chi connectivity index (χ2v) is 4.28. The summed E-state index contributed by atoms with van der Waals surface area (Å²) in [5.41, 5.74) is 1.43. The first-order valence-electron chi connectivity index (χ1n) is 5.46. The Morgan fingerprint density at radius 3 is 2.71 bits per heavy atom. The number of aromatic nitrogens is 1. The van der Waals surface area contributed by atoms with E-state index in [1.807, 2.05) is 13.0 Å². The largest absolute Gasteiger partial charge is 0.365 e. The van der Waals surface area contributed by atoms with Crippen LogP contribution >= 0.6 is 0 Å². The summed E-state index contributed by atoms with van der Waals surface area (Å²) < 4.78 is 0. The predicted molar refractivity (Wildman–Crippen MR) is 59.5 cm³/mol. The lowest BCUT2D eigenvalue weighted by atomic mass is 9.75. The third-order valence-electron chi connectivity index (χ3n) is 3.27. The summed E-state index contributed by atoms with van der Waals surface area (Å²) in [4.78, 5) is 4.48. The molecule has 1 aliphatic carbocycles. The maximum absolute atomic E-state index is 4.48. The number of hydrogen-bond donors (Lipinski definition) is 1. The van der Waals surface area contributed by atoms with Gasteiger partial charge in [0.25, 0.3) is 0 Å². The van der Waals surface area contributed by atoms with Gasteiger partial charge in [0.15, 0.2) is 0 Å². The van der Waals surface area contributed by atoms with Crippen LogP contribution in [0, 0.1) is 6.92 Å². The van der Waals surface area contributed by atoms with Gasteiger partial charge in [-0.3, -0.25) is 0 Å². The molecule has 0 amide bonds. The van der Waals surface area contributed by atoms with E-state index in [1.54, 1.807) is 0 Å². The zero-order valence-corrected chi connectivity index (χ0v) is 9.01. The van der Waals surface area contributed by atoms with Gasteiger partial charge in [-0.25, -0.2) is 4.98 Å². The van der Waals surface area contributed by atoms with E-state index in [0.717, 1.165) is 11.5 Å². The van der Waals surface area contributed by atoms with E-state index in [0.29, 0.717) is 5.54 Å². The molecule has 0 unspecified atom stereocenters. The fourth-order valence-electron chi connectivity index (χ4n) is 2.05. The molecule has 1 fully saturated rings. The average molecular weight is 190 g/mol. The average Bonchev–Trinajstić information content (AvgIpc) is 2.11. The van der Waals surface area contributed by atoms with Crippen LogP contribution in [0.1, 0.15) is 38.3 Å². The van der Waals surface area contributed by atoms with Crippen molar-refractivity contribution in [1.29, 1.82) is 0 Å². The highest BCUT2D eigenvalue weighted by Gasteiger charge is 2.34. The monoisotopic (exact) mass is 190 g/mol. The molecule has 0 atom stereocenters. The third kappa shape index (κ3) is 1.74. The van der Waals surface area contributed by atoms with E-state index < -0.39 is 0 Å². The van der Waals surface area contributed by atoms with E-state index >= 15 is 0 Å². The fraction of sp³-hybridized carbons (Fsp3) is 0.583. The Kier molecular flexibility index (Phi) is 2.44.